The first kappa shape index (κ1) is 19.5. The van der Waals surface area contributed by atoms with Crippen LogP contribution in [0.1, 0.15) is 58.2 Å². The Labute approximate surface area is 162 Å². The molecule has 0 saturated carbocycles. The van der Waals surface area contributed by atoms with Crippen LogP contribution in [0.3, 0.4) is 0 Å². The standard InChI is InChI=1S/C22H23N3O3/c1-13(2)18-19(20(26)16-10-14(3)9-15(4)11-16)25(22(28)24-21(18)27)12-17-7-5-6-8-23-17/h5-11,13H,12H2,1-4H3,(H,24,27,28). The number of aryl methyl sites for hydroxylation is 2. The van der Waals surface area contributed by atoms with Crippen molar-refractivity contribution in [3.63, 3.8) is 0 Å². The molecule has 0 aliphatic carbocycles. The van der Waals surface area contributed by atoms with Crippen LogP contribution in [0.15, 0.2) is 52.2 Å². The molecule has 0 bridgehead atoms. The van der Waals surface area contributed by atoms with Gasteiger partial charge in [-0.3, -0.25) is 24.1 Å². The van der Waals surface area contributed by atoms with Crippen LogP contribution in [-0.4, -0.2) is 20.3 Å². The largest absolute Gasteiger partial charge is 0.329 e. The van der Waals surface area contributed by atoms with Gasteiger partial charge >= 0.3 is 5.69 Å². The number of nitrogens with one attached hydrogen (secondary N) is 1. The summed E-state index contributed by atoms with van der Waals surface area (Å²) < 4.78 is 1.32. The van der Waals surface area contributed by atoms with Gasteiger partial charge in [-0.15, -0.1) is 0 Å². The normalized spacial score (nSPS) is 11.0. The minimum absolute atomic E-state index is 0.0993. The number of aromatic amines is 1. The van der Waals surface area contributed by atoms with E-state index in [2.05, 4.69) is 9.97 Å². The summed E-state index contributed by atoms with van der Waals surface area (Å²) in [6.45, 7) is 7.58. The van der Waals surface area contributed by atoms with Crippen molar-refractivity contribution in [3.05, 3.63) is 97.1 Å². The summed E-state index contributed by atoms with van der Waals surface area (Å²) in [6.07, 6.45) is 1.63. The SMILES string of the molecule is Cc1cc(C)cc(C(=O)c2c(C(C)C)c(=O)[nH]c(=O)n2Cc2ccccn2)c1. The number of nitrogens with zero attached hydrogens (tertiary/aromatic N) is 2. The maximum absolute atomic E-state index is 13.5. The molecule has 0 fully saturated rings. The van der Waals surface area contributed by atoms with E-state index in [1.54, 1.807) is 30.5 Å². The lowest BCUT2D eigenvalue weighted by atomic mass is 9.95. The second-order valence-corrected chi connectivity index (χ2v) is 7.29. The molecule has 0 unspecified atom stereocenters. The van der Waals surface area contributed by atoms with Crippen LogP contribution >= 0.6 is 0 Å². The summed E-state index contributed by atoms with van der Waals surface area (Å²) in [5.74, 6) is -0.571. The number of rotatable bonds is 5. The van der Waals surface area contributed by atoms with E-state index >= 15 is 0 Å². The molecule has 144 valence electrons. The highest BCUT2D eigenvalue weighted by molar-refractivity contribution is 6.09. The fourth-order valence-electron chi connectivity index (χ4n) is 3.41. The number of ketones is 1. The third-order valence-corrected chi connectivity index (χ3v) is 4.56. The van der Waals surface area contributed by atoms with Gasteiger partial charge in [-0.05, 0) is 44.0 Å². The molecule has 0 atom stereocenters. The van der Waals surface area contributed by atoms with Crippen LogP contribution < -0.4 is 11.2 Å². The van der Waals surface area contributed by atoms with Crippen LogP contribution in [0.4, 0.5) is 0 Å². The molecule has 0 aliphatic heterocycles. The molecule has 0 radical (unpaired) electrons. The van der Waals surface area contributed by atoms with Gasteiger partial charge in [-0.2, -0.15) is 0 Å². The monoisotopic (exact) mass is 377 g/mol. The molecule has 6 nitrogen and oxygen atoms in total. The maximum Gasteiger partial charge on any atom is 0.329 e. The topological polar surface area (TPSA) is 84.8 Å². The average Bonchev–Trinajstić information content (AvgIpc) is 2.62. The maximum atomic E-state index is 13.5. The molecule has 2 aromatic heterocycles. The molecule has 3 aromatic rings. The van der Waals surface area contributed by atoms with Gasteiger partial charge in [-0.1, -0.05) is 37.1 Å². The van der Waals surface area contributed by atoms with Gasteiger partial charge < -0.3 is 0 Å². The Morgan fingerprint density at radius 2 is 1.79 bits per heavy atom. The molecule has 3 rings (SSSR count). The second kappa shape index (κ2) is 7.76. The Balaban J connectivity index is 2.28. The number of carbonyl (C=O) groups excluding carboxylic acids is 1. The quantitative estimate of drug-likeness (QED) is 0.693. The first-order valence-corrected chi connectivity index (χ1v) is 9.18. The molecular formula is C22H23N3O3. The van der Waals surface area contributed by atoms with Gasteiger partial charge in [0, 0.05) is 17.3 Å². The first-order chi connectivity index (χ1) is 13.3. The summed E-state index contributed by atoms with van der Waals surface area (Å²) in [5.41, 5.74) is 2.26. The molecular weight excluding hydrogens is 354 g/mol. The van der Waals surface area contributed by atoms with Crippen molar-refractivity contribution in [1.82, 2.24) is 14.5 Å². The zero-order valence-corrected chi connectivity index (χ0v) is 16.4. The highest BCUT2D eigenvalue weighted by Gasteiger charge is 2.25. The summed E-state index contributed by atoms with van der Waals surface area (Å²) in [4.78, 5) is 45.2. The summed E-state index contributed by atoms with van der Waals surface area (Å²) >= 11 is 0. The number of hydrogen-bond donors (Lipinski definition) is 1. The highest BCUT2D eigenvalue weighted by Crippen LogP contribution is 2.20. The smallest absolute Gasteiger partial charge is 0.287 e. The Hall–Kier alpha value is -3.28. The number of carbonyl (C=O) groups is 1. The van der Waals surface area contributed by atoms with E-state index in [9.17, 15) is 14.4 Å². The Bertz CT molecular complexity index is 1120. The van der Waals surface area contributed by atoms with E-state index in [1.807, 2.05) is 39.8 Å². The van der Waals surface area contributed by atoms with Gasteiger partial charge in [-0.25, -0.2) is 4.79 Å². The number of hydrogen-bond acceptors (Lipinski definition) is 4. The Kier molecular flexibility index (Phi) is 5.40. The zero-order valence-electron chi connectivity index (χ0n) is 16.4. The van der Waals surface area contributed by atoms with Crippen LogP contribution in [0.5, 0.6) is 0 Å². The van der Waals surface area contributed by atoms with Gasteiger partial charge in [0.05, 0.1) is 12.2 Å². The number of pyridine rings is 1. The van der Waals surface area contributed by atoms with Crippen molar-refractivity contribution >= 4 is 5.78 Å². The molecule has 0 amide bonds. The summed E-state index contributed by atoms with van der Waals surface area (Å²) in [5, 5.41) is 0. The fraction of sp³-hybridized carbons (Fsp3) is 0.273. The van der Waals surface area contributed by atoms with Crippen molar-refractivity contribution in [2.45, 2.75) is 40.2 Å². The molecule has 1 N–H and O–H groups in total. The molecule has 1 aromatic carbocycles. The Morgan fingerprint density at radius 3 is 2.36 bits per heavy atom. The molecule has 28 heavy (non-hydrogen) atoms. The van der Waals surface area contributed by atoms with E-state index in [4.69, 9.17) is 0 Å². The van der Waals surface area contributed by atoms with E-state index < -0.39 is 11.2 Å². The minimum atomic E-state index is -0.618. The van der Waals surface area contributed by atoms with E-state index in [1.165, 1.54) is 4.57 Å². The predicted octanol–water partition coefficient (Wildman–Crippen LogP) is 2.95. The fourth-order valence-corrected chi connectivity index (χ4v) is 3.41. The lowest BCUT2D eigenvalue weighted by molar-refractivity contribution is 0.102. The second-order valence-electron chi connectivity index (χ2n) is 7.29. The summed E-state index contributed by atoms with van der Waals surface area (Å²) in [7, 11) is 0. The molecule has 0 spiro atoms. The number of aromatic nitrogens is 3. The van der Waals surface area contributed by atoms with Crippen LogP contribution in [0.2, 0.25) is 0 Å². The minimum Gasteiger partial charge on any atom is -0.287 e. The van der Waals surface area contributed by atoms with Crippen LogP contribution in [0.25, 0.3) is 0 Å². The van der Waals surface area contributed by atoms with Crippen LogP contribution in [-0.2, 0) is 6.54 Å². The van der Waals surface area contributed by atoms with Gasteiger partial charge in [0.1, 0.15) is 5.69 Å². The van der Waals surface area contributed by atoms with Crippen molar-refractivity contribution in [2.24, 2.45) is 0 Å². The molecule has 2 heterocycles. The van der Waals surface area contributed by atoms with E-state index in [-0.39, 0.29) is 23.9 Å². The highest BCUT2D eigenvalue weighted by atomic mass is 16.2. The van der Waals surface area contributed by atoms with Crippen molar-refractivity contribution in [2.75, 3.05) is 0 Å². The van der Waals surface area contributed by atoms with Gasteiger partial charge in [0.15, 0.2) is 0 Å². The molecule has 0 aliphatic rings. The molecule has 0 saturated heterocycles. The third-order valence-electron chi connectivity index (χ3n) is 4.56. The Morgan fingerprint density at radius 1 is 1.11 bits per heavy atom. The first-order valence-electron chi connectivity index (χ1n) is 9.18. The van der Waals surface area contributed by atoms with Crippen LogP contribution in [0, 0.1) is 13.8 Å². The number of benzene rings is 1. The summed E-state index contributed by atoms with van der Waals surface area (Å²) in [6, 6.07) is 10.9. The van der Waals surface area contributed by atoms with E-state index in [0.29, 0.717) is 16.8 Å². The number of H-pyrrole nitrogens is 1. The zero-order chi connectivity index (χ0) is 20.4. The predicted molar refractivity (Wildman–Crippen MR) is 108 cm³/mol. The van der Waals surface area contributed by atoms with Crippen molar-refractivity contribution < 1.29 is 4.79 Å². The van der Waals surface area contributed by atoms with Gasteiger partial charge in [0.2, 0.25) is 5.78 Å². The van der Waals surface area contributed by atoms with E-state index in [0.717, 1.165) is 11.1 Å². The lowest BCUT2D eigenvalue weighted by Gasteiger charge is -2.17. The third kappa shape index (κ3) is 3.86. The molecule has 6 heteroatoms. The van der Waals surface area contributed by atoms with Crippen molar-refractivity contribution in [1.29, 1.82) is 0 Å². The van der Waals surface area contributed by atoms with Crippen molar-refractivity contribution in [3.8, 4) is 0 Å². The lowest BCUT2D eigenvalue weighted by Crippen LogP contribution is -2.38. The average molecular weight is 377 g/mol. The van der Waals surface area contributed by atoms with Gasteiger partial charge in [0.25, 0.3) is 5.56 Å².